The maximum Gasteiger partial charge on any atom is 0.410 e. The van der Waals surface area contributed by atoms with Crippen LogP contribution in [0.2, 0.25) is 0 Å². The number of ether oxygens (including phenoxy) is 1. The second-order valence-corrected chi connectivity index (χ2v) is 6.59. The van der Waals surface area contributed by atoms with Gasteiger partial charge in [0.2, 0.25) is 0 Å². The number of carboxylic acids is 1. The quantitative estimate of drug-likeness (QED) is 0.812. The van der Waals surface area contributed by atoms with Gasteiger partial charge in [0.25, 0.3) is 0 Å². The minimum atomic E-state index is -1.04. The van der Waals surface area contributed by atoms with Crippen LogP contribution < -0.4 is 5.32 Å². The Morgan fingerprint density at radius 2 is 1.93 bits per heavy atom. The molecule has 1 aromatic heterocycles. The summed E-state index contributed by atoms with van der Waals surface area (Å²) in [5.74, 6) is -0.620. The molecular weight excluding hydrogens is 346 g/mol. The lowest BCUT2D eigenvalue weighted by molar-refractivity contribution is 0.0690. The molecule has 0 bridgehead atoms. The molecule has 27 heavy (non-hydrogen) atoms. The summed E-state index contributed by atoms with van der Waals surface area (Å²) in [6.45, 7) is 2.35. The highest BCUT2D eigenvalue weighted by Crippen LogP contribution is 2.19. The number of carboxylic acid groups (broad SMARTS) is 1. The van der Waals surface area contributed by atoms with Crippen molar-refractivity contribution in [1.82, 2.24) is 9.88 Å². The van der Waals surface area contributed by atoms with E-state index >= 15 is 0 Å². The molecule has 1 aliphatic rings. The first-order chi connectivity index (χ1) is 13.1. The van der Waals surface area contributed by atoms with E-state index in [2.05, 4.69) is 10.3 Å². The highest BCUT2D eigenvalue weighted by molar-refractivity contribution is 5.86. The Morgan fingerprint density at radius 1 is 1.19 bits per heavy atom. The molecule has 0 aliphatic carbocycles. The minimum absolute atomic E-state index is 0.0241. The van der Waals surface area contributed by atoms with Crippen LogP contribution in [0.15, 0.2) is 48.7 Å². The highest BCUT2D eigenvalue weighted by atomic mass is 16.6. The molecule has 1 aromatic carbocycles. The van der Waals surface area contributed by atoms with E-state index in [0.717, 1.165) is 30.6 Å². The Hall–Kier alpha value is -3.09. The fourth-order valence-electron chi connectivity index (χ4n) is 3.05. The van der Waals surface area contributed by atoms with E-state index in [4.69, 9.17) is 9.84 Å². The predicted molar refractivity (Wildman–Crippen MR) is 101 cm³/mol. The molecule has 1 saturated heterocycles. The van der Waals surface area contributed by atoms with Crippen LogP contribution in [-0.4, -0.2) is 46.7 Å². The summed E-state index contributed by atoms with van der Waals surface area (Å²) in [5, 5.41) is 12.2. The SMILES string of the molecule is O=C(O)c1cc(NCC2CCN(C(=O)OCc3ccccc3)CC2)ccn1. The maximum atomic E-state index is 12.2. The number of hydrogen-bond acceptors (Lipinski definition) is 5. The van der Waals surface area contributed by atoms with E-state index in [1.807, 2.05) is 30.3 Å². The molecule has 1 amide bonds. The number of rotatable bonds is 6. The number of benzene rings is 1. The predicted octanol–water partition coefficient (Wildman–Crippen LogP) is 3.24. The van der Waals surface area contributed by atoms with Crippen LogP contribution in [0.25, 0.3) is 0 Å². The van der Waals surface area contributed by atoms with Crippen molar-refractivity contribution in [3.05, 3.63) is 59.9 Å². The summed E-state index contributed by atoms with van der Waals surface area (Å²) in [6.07, 6.45) is 2.97. The second kappa shape index (κ2) is 9.02. The average molecular weight is 369 g/mol. The van der Waals surface area contributed by atoms with Gasteiger partial charge in [-0.25, -0.2) is 14.6 Å². The topological polar surface area (TPSA) is 91.8 Å². The van der Waals surface area contributed by atoms with Crippen molar-refractivity contribution in [1.29, 1.82) is 0 Å². The molecule has 3 rings (SSSR count). The highest BCUT2D eigenvalue weighted by Gasteiger charge is 2.23. The number of aromatic nitrogens is 1. The third-order valence-corrected chi connectivity index (χ3v) is 4.65. The van der Waals surface area contributed by atoms with E-state index in [1.54, 1.807) is 11.0 Å². The average Bonchev–Trinajstić information content (AvgIpc) is 2.72. The van der Waals surface area contributed by atoms with Gasteiger partial charge in [-0.15, -0.1) is 0 Å². The van der Waals surface area contributed by atoms with Crippen molar-refractivity contribution in [2.75, 3.05) is 25.0 Å². The number of carbonyl (C=O) groups is 2. The Morgan fingerprint density at radius 3 is 2.63 bits per heavy atom. The zero-order valence-electron chi connectivity index (χ0n) is 15.0. The third kappa shape index (κ3) is 5.44. The van der Waals surface area contributed by atoms with Gasteiger partial charge in [-0.3, -0.25) is 0 Å². The molecule has 2 heterocycles. The smallest absolute Gasteiger partial charge is 0.410 e. The van der Waals surface area contributed by atoms with Crippen molar-refractivity contribution < 1.29 is 19.4 Å². The number of hydrogen-bond donors (Lipinski definition) is 2. The first-order valence-corrected chi connectivity index (χ1v) is 9.00. The molecule has 1 fully saturated rings. The Kier molecular flexibility index (Phi) is 6.25. The van der Waals surface area contributed by atoms with Crippen molar-refractivity contribution in [3.8, 4) is 0 Å². The van der Waals surface area contributed by atoms with Crippen molar-refractivity contribution >= 4 is 17.7 Å². The van der Waals surface area contributed by atoms with E-state index in [0.29, 0.717) is 19.0 Å². The molecule has 0 saturated carbocycles. The van der Waals surface area contributed by atoms with Gasteiger partial charge in [0.1, 0.15) is 12.3 Å². The number of nitrogens with one attached hydrogen (secondary N) is 1. The Balaban J connectivity index is 1.40. The number of amides is 1. The lowest BCUT2D eigenvalue weighted by Crippen LogP contribution is -2.40. The summed E-state index contributed by atoms with van der Waals surface area (Å²) in [6, 6.07) is 12.9. The van der Waals surface area contributed by atoms with Gasteiger partial charge in [-0.2, -0.15) is 0 Å². The summed E-state index contributed by atoms with van der Waals surface area (Å²) in [4.78, 5) is 28.7. The lowest BCUT2D eigenvalue weighted by Gasteiger charge is -2.31. The largest absolute Gasteiger partial charge is 0.477 e. The number of carbonyl (C=O) groups excluding carboxylic acids is 1. The molecule has 0 atom stereocenters. The number of anilines is 1. The Bertz CT molecular complexity index is 774. The summed E-state index contributed by atoms with van der Waals surface area (Å²) >= 11 is 0. The second-order valence-electron chi connectivity index (χ2n) is 6.59. The van der Waals surface area contributed by atoms with E-state index in [1.165, 1.54) is 12.3 Å². The molecular formula is C20H23N3O4. The number of aromatic carboxylic acids is 1. The van der Waals surface area contributed by atoms with Crippen LogP contribution in [0, 0.1) is 5.92 Å². The van der Waals surface area contributed by atoms with Gasteiger partial charge in [0, 0.05) is 31.5 Å². The van der Waals surface area contributed by atoms with Gasteiger partial charge in [-0.05, 0) is 36.5 Å². The zero-order valence-corrected chi connectivity index (χ0v) is 15.0. The van der Waals surface area contributed by atoms with Gasteiger partial charge in [-0.1, -0.05) is 30.3 Å². The normalized spacial score (nSPS) is 14.6. The van der Waals surface area contributed by atoms with Crippen molar-refractivity contribution in [2.45, 2.75) is 19.4 Å². The molecule has 1 aliphatic heterocycles. The van der Waals surface area contributed by atoms with Gasteiger partial charge in [0.15, 0.2) is 0 Å². The van der Waals surface area contributed by atoms with E-state index in [9.17, 15) is 9.59 Å². The minimum Gasteiger partial charge on any atom is -0.477 e. The van der Waals surface area contributed by atoms with Gasteiger partial charge >= 0.3 is 12.1 Å². The molecule has 7 nitrogen and oxygen atoms in total. The van der Waals surface area contributed by atoms with Crippen molar-refractivity contribution in [3.63, 3.8) is 0 Å². The van der Waals surface area contributed by atoms with Crippen LogP contribution in [0.4, 0.5) is 10.5 Å². The molecule has 2 aromatic rings. The first-order valence-electron chi connectivity index (χ1n) is 9.00. The van der Waals surface area contributed by atoms with Crippen LogP contribution >= 0.6 is 0 Å². The number of likely N-dealkylation sites (tertiary alicyclic amines) is 1. The molecule has 0 spiro atoms. The molecule has 7 heteroatoms. The van der Waals surface area contributed by atoms with Crippen LogP contribution in [-0.2, 0) is 11.3 Å². The summed E-state index contributed by atoms with van der Waals surface area (Å²) < 4.78 is 5.38. The molecule has 0 unspecified atom stereocenters. The van der Waals surface area contributed by atoms with Crippen molar-refractivity contribution in [2.24, 2.45) is 5.92 Å². The lowest BCUT2D eigenvalue weighted by atomic mass is 9.97. The Labute approximate surface area is 158 Å². The fourth-order valence-corrected chi connectivity index (χ4v) is 3.05. The van der Waals surface area contributed by atoms with E-state index < -0.39 is 5.97 Å². The number of nitrogens with zero attached hydrogens (tertiary/aromatic N) is 2. The van der Waals surface area contributed by atoms with Crippen LogP contribution in [0.5, 0.6) is 0 Å². The van der Waals surface area contributed by atoms with Crippen LogP contribution in [0.1, 0.15) is 28.9 Å². The molecule has 142 valence electrons. The standard InChI is InChI=1S/C20H23N3O4/c24-19(25)18-12-17(6-9-21-18)22-13-15-7-10-23(11-8-15)20(26)27-14-16-4-2-1-3-5-16/h1-6,9,12,15H,7-8,10-11,13-14H2,(H,21,22)(H,24,25). The van der Waals surface area contributed by atoms with Gasteiger partial charge in [0.05, 0.1) is 0 Å². The van der Waals surface area contributed by atoms with E-state index in [-0.39, 0.29) is 18.4 Å². The first kappa shape index (κ1) is 18.7. The van der Waals surface area contributed by atoms with Gasteiger partial charge < -0.3 is 20.1 Å². The maximum absolute atomic E-state index is 12.2. The fraction of sp³-hybridized carbons (Fsp3) is 0.350. The number of piperidine rings is 1. The zero-order chi connectivity index (χ0) is 19.1. The summed E-state index contributed by atoms with van der Waals surface area (Å²) in [5.41, 5.74) is 1.74. The number of pyridine rings is 1. The monoisotopic (exact) mass is 369 g/mol. The molecule has 2 N–H and O–H groups in total. The molecule has 0 radical (unpaired) electrons. The third-order valence-electron chi connectivity index (χ3n) is 4.65. The van der Waals surface area contributed by atoms with Crippen LogP contribution in [0.3, 0.4) is 0 Å². The summed E-state index contributed by atoms with van der Waals surface area (Å²) in [7, 11) is 0.